The summed E-state index contributed by atoms with van der Waals surface area (Å²) in [5.74, 6) is 0.197. The minimum absolute atomic E-state index is 0.133. The lowest BCUT2D eigenvalue weighted by atomic mass is 10.0. The van der Waals surface area contributed by atoms with E-state index in [0.29, 0.717) is 37.6 Å². The maximum atomic E-state index is 13.4. The van der Waals surface area contributed by atoms with E-state index < -0.39 is 0 Å². The Labute approximate surface area is 180 Å². The number of rotatable bonds is 3. The van der Waals surface area contributed by atoms with Gasteiger partial charge in [0.1, 0.15) is 11.6 Å². The van der Waals surface area contributed by atoms with E-state index in [1.807, 2.05) is 28.8 Å². The molecule has 2 aromatic heterocycles. The first kappa shape index (κ1) is 19.4. The predicted molar refractivity (Wildman–Crippen MR) is 117 cm³/mol. The van der Waals surface area contributed by atoms with Crippen molar-refractivity contribution in [3.8, 4) is 6.07 Å². The van der Waals surface area contributed by atoms with Crippen LogP contribution in [0.2, 0.25) is 0 Å². The van der Waals surface area contributed by atoms with E-state index in [-0.39, 0.29) is 23.1 Å². The molecule has 0 atom stereocenters. The Kier molecular flexibility index (Phi) is 4.99. The Hall–Kier alpha value is -3.53. The molecule has 31 heavy (non-hydrogen) atoms. The highest BCUT2D eigenvalue weighted by Gasteiger charge is 2.29. The summed E-state index contributed by atoms with van der Waals surface area (Å²) in [7, 11) is 0. The molecule has 1 saturated carbocycles. The van der Waals surface area contributed by atoms with Crippen LogP contribution in [0, 0.1) is 11.3 Å². The standard InChI is InChI=1S/C24H24N4O3/c25-16-19-22(26-11-13-27(14-12-26)24(30)21-10-5-15-31-21)18-8-3-4-9-20(18)28(23(19)29)17-6-1-2-7-17/h3-5,8-10,15,17H,1-2,6-7,11-14H2. The van der Waals surface area contributed by atoms with Crippen molar-refractivity contribution in [3.05, 3.63) is 64.3 Å². The molecule has 0 radical (unpaired) electrons. The van der Waals surface area contributed by atoms with Gasteiger partial charge in [-0.05, 0) is 31.0 Å². The Morgan fingerprint density at radius 3 is 2.45 bits per heavy atom. The molecule has 0 N–H and O–H groups in total. The van der Waals surface area contributed by atoms with E-state index in [4.69, 9.17) is 4.42 Å². The molecule has 1 saturated heterocycles. The molecule has 1 amide bonds. The van der Waals surface area contributed by atoms with Crippen molar-refractivity contribution in [2.24, 2.45) is 0 Å². The molecule has 2 aliphatic rings. The zero-order chi connectivity index (χ0) is 21.4. The van der Waals surface area contributed by atoms with Crippen molar-refractivity contribution < 1.29 is 9.21 Å². The van der Waals surface area contributed by atoms with Crippen molar-refractivity contribution in [1.29, 1.82) is 5.26 Å². The topological polar surface area (TPSA) is 82.5 Å². The Morgan fingerprint density at radius 2 is 1.77 bits per heavy atom. The van der Waals surface area contributed by atoms with Crippen molar-refractivity contribution in [3.63, 3.8) is 0 Å². The van der Waals surface area contributed by atoms with Crippen LogP contribution in [0.3, 0.4) is 0 Å². The van der Waals surface area contributed by atoms with Gasteiger partial charge in [0.25, 0.3) is 11.5 Å². The molecular weight excluding hydrogens is 392 g/mol. The van der Waals surface area contributed by atoms with Crippen molar-refractivity contribution in [2.75, 3.05) is 31.1 Å². The van der Waals surface area contributed by atoms with E-state index in [0.717, 1.165) is 36.6 Å². The molecule has 1 aliphatic carbocycles. The van der Waals surface area contributed by atoms with Crippen LogP contribution >= 0.6 is 0 Å². The van der Waals surface area contributed by atoms with Gasteiger partial charge in [0.15, 0.2) is 5.76 Å². The molecular formula is C24H24N4O3. The third-order valence-corrected chi connectivity index (χ3v) is 6.50. The van der Waals surface area contributed by atoms with Gasteiger partial charge in [-0.2, -0.15) is 5.26 Å². The molecule has 0 bridgehead atoms. The Balaban J connectivity index is 1.52. The number of furan rings is 1. The highest BCUT2D eigenvalue weighted by molar-refractivity contribution is 5.95. The summed E-state index contributed by atoms with van der Waals surface area (Å²) in [5.41, 5.74) is 1.60. The second kappa shape index (κ2) is 7.95. The minimum Gasteiger partial charge on any atom is -0.459 e. The van der Waals surface area contributed by atoms with Crippen LogP contribution in [0.5, 0.6) is 0 Å². The van der Waals surface area contributed by atoms with Crippen LogP contribution in [0.1, 0.15) is 47.8 Å². The van der Waals surface area contributed by atoms with Crippen LogP contribution in [-0.4, -0.2) is 41.6 Å². The Morgan fingerprint density at radius 1 is 1.03 bits per heavy atom. The van der Waals surface area contributed by atoms with Gasteiger partial charge in [-0.15, -0.1) is 0 Å². The van der Waals surface area contributed by atoms with Crippen molar-refractivity contribution in [2.45, 2.75) is 31.7 Å². The third kappa shape index (κ3) is 3.28. The Bertz CT molecular complexity index is 1210. The maximum absolute atomic E-state index is 13.4. The molecule has 0 unspecified atom stereocenters. The molecule has 0 spiro atoms. The minimum atomic E-state index is -0.197. The lowest BCUT2D eigenvalue weighted by Gasteiger charge is -2.37. The molecule has 5 rings (SSSR count). The molecule has 1 aromatic carbocycles. The zero-order valence-electron chi connectivity index (χ0n) is 17.3. The van der Waals surface area contributed by atoms with E-state index in [2.05, 4.69) is 11.0 Å². The number of piperazine rings is 1. The quantitative estimate of drug-likeness (QED) is 0.652. The van der Waals surface area contributed by atoms with Crippen molar-refractivity contribution in [1.82, 2.24) is 9.47 Å². The highest BCUT2D eigenvalue weighted by Crippen LogP contribution is 2.35. The van der Waals surface area contributed by atoms with E-state index in [9.17, 15) is 14.9 Å². The zero-order valence-corrected chi connectivity index (χ0v) is 17.3. The lowest BCUT2D eigenvalue weighted by molar-refractivity contribution is 0.0715. The lowest BCUT2D eigenvalue weighted by Crippen LogP contribution is -2.49. The predicted octanol–water partition coefficient (Wildman–Crippen LogP) is 3.54. The van der Waals surface area contributed by atoms with Gasteiger partial charge >= 0.3 is 0 Å². The fraction of sp³-hybridized carbons (Fsp3) is 0.375. The number of para-hydroxylation sites is 1. The van der Waals surface area contributed by atoms with Crippen LogP contribution in [-0.2, 0) is 0 Å². The molecule has 3 aromatic rings. The number of nitrogens with zero attached hydrogens (tertiary/aromatic N) is 4. The molecule has 2 fully saturated rings. The summed E-state index contributed by atoms with van der Waals surface area (Å²) >= 11 is 0. The van der Waals surface area contributed by atoms with Gasteiger partial charge in [-0.3, -0.25) is 9.59 Å². The first-order valence-corrected chi connectivity index (χ1v) is 10.8. The van der Waals surface area contributed by atoms with Crippen molar-refractivity contribution >= 4 is 22.5 Å². The van der Waals surface area contributed by atoms with Gasteiger partial charge in [0, 0.05) is 37.6 Å². The maximum Gasteiger partial charge on any atom is 0.289 e. The highest BCUT2D eigenvalue weighted by atomic mass is 16.3. The number of hydrogen-bond acceptors (Lipinski definition) is 5. The number of carbonyl (C=O) groups excluding carboxylic acids is 1. The number of anilines is 1. The average Bonchev–Trinajstić information content (AvgIpc) is 3.52. The first-order chi connectivity index (χ1) is 15.2. The second-order valence-corrected chi connectivity index (χ2v) is 8.22. The van der Waals surface area contributed by atoms with E-state index in [1.165, 1.54) is 6.26 Å². The van der Waals surface area contributed by atoms with E-state index >= 15 is 0 Å². The summed E-state index contributed by atoms with van der Waals surface area (Å²) in [4.78, 5) is 29.9. The smallest absolute Gasteiger partial charge is 0.289 e. The summed E-state index contributed by atoms with van der Waals surface area (Å²) in [6.07, 6.45) is 5.67. The summed E-state index contributed by atoms with van der Waals surface area (Å²) < 4.78 is 7.09. The van der Waals surface area contributed by atoms with E-state index in [1.54, 1.807) is 17.0 Å². The van der Waals surface area contributed by atoms with Crippen LogP contribution in [0.15, 0.2) is 51.9 Å². The van der Waals surface area contributed by atoms with Crippen LogP contribution in [0.25, 0.3) is 10.9 Å². The molecule has 3 heterocycles. The largest absolute Gasteiger partial charge is 0.459 e. The van der Waals surface area contributed by atoms with Gasteiger partial charge in [-0.25, -0.2) is 0 Å². The summed E-state index contributed by atoms with van der Waals surface area (Å²) in [5, 5.41) is 10.9. The summed E-state index contributed by atoms with van der Waals surface area (Å²) in [6.45, 7) is 2.12. The van der Waals surface area contributed by atoms with Gasteiger partial charge in [0.05, 0.1) is 17.5 Å². The molecule has 7 heteroatoms. The molecule has 1 aliphatic heterocycles. The monoisotopic (exact) mass is 416 g/mol. The average molecular weight is 416 g/mol. The number of hydrogen-bond donors (Lipinski definition) is 0. The number of pyridine rings is 1. The van der Waals surface area contributed by atoms with Gasteiger partial charge in [-0.1, -0.05) is 31.0 Å². The first-order valence-electron chi connectivity index (χ1n) is 10.8. The normalized spacial score (nSPS) is 17.3. The second-order valence-electron chi connectivity index (χ2n) is 8.22. The third-order valence-electron chi connectivity index (χ3n) is 6.50. The number of benzene rings is 1. The molecule has 158 valence electrons. The fourth-order valence-electron chi connectivity index (χ4n) is 4.99. The SMILES string of the molecule is N#Cc1c(N2CCN(C(=O)c3ccco3)CC2)c2ccccc2n(C2CCCC2)c1=O. The number of aromatic nitrogens is 1. The van der Waals surface area contributed by atoms with Crippen LogP contribution < -0.4 is 10.5 Å². The van der Waals surface area contributed by atoms with Crippen LogP contribution in [0.4, 0.5) is 5.69 Å². The number of carbonyl (C=O) groups is 1. The summed E-state index contributed by atoms with van der Waals surface area (Å²) in [6, 6.07) is 13.6. The number of nitriles is 1. The van der Waals surface area contributed by atoms with Gasteiger partial charge in [0.2, 0.25) is 0 Å². The fourth-order valence-corrected chi connectivity index (χ4v) is 4.99. The molecule has 7 nitrogen and oxygen atoms in total. The van der Waals surface area contributed by atoms with Gasteiger partial charge < -0.3 is 18.8 Å². The number of fused-ring (bicyclic) bond motifs is 1. The number of amides is 1.